The predicted molar refractivity (Wildman–Crippen MR) is 60.9 cm³/mol. The molecule has 0 saturated heterocycles. The Morgan fingerprint density at radius 2 is 1.84 bits per heavy atom. The first kappa shape index (κ1) is 15.0. The summed E-state index contributed by atoms with van der Waals surface area (Å²) >= 11 is 0. The first-order valence-electron chi connectivity index (χ1n) is 4.66. The van der Waals surface area contributed by atoms with Crippen LogP contribution in [0.4, 0.5) is 13.2 Å². The minimum absolute atomic E-state index is 0.245. The van der Waals surface area contributed by atoms with Gasteiger partial charge in [-0.3, -0.25) is 4.28 Å². The van der Waals surface area contributed by atoms with Crippen molar-refractivity contribution in [2.45, 2.75) is 6.18 Å². The van der Waals surface area contributed by atoms with Gasteiger partial charge in [0.1, 0.15) is 5.75 Å². The zero-order valence-corrected chi connectivity index (χ0v) is 10.1. The fourth-order valence-electron chi connectivity index (χ4n) is 1.01. The lowest BCUT2D eigenvalue weighted by Crippen LogP contribution is -2.24. The van der Waals surface area contributed by atoms with Crippen LogP contribution in [0, 0.1) is 0 Å². The van der Waals surface area contributed by atoms with E-state index in [0.717, 1.165) is 24.3 Å². The number of aromatic hydroxyl groups is 1. The number of benzene rings is 1. The molecule has 0 radical (unpaired) electrons. The standard InChI is InChI=1S/C10H8F3NO4S/c1-2-19(16,17)18-14-9(10(11,12)13)7-3-5-8(15)6-4-7/h2-6,15H,1H2. The second-order valence-corrected chi connectivity index (χ2v) is 4.69. The Bertz CT molecular complexity index is 590. The van der Waals surface area contributed by atoms with Gasteiger partial charge < -0.3 is 5.11 Å². The van der Waals surface area contributed by atoms with E-state index in [2.05, 4.69) is 16.0 Å². The Kier molecular flexibility index (Phi) is 4.20. The zero-order chi connectivity index (χ0) is 14.7. The SMILES string of the molecule is C=CS(=O)(=O)ON=C(c1ccc(O)cc1)C(F)(F)F. The summed E-state index contributed by atoms with van der Waals surface area (Å²) in [5.41, 5.74) is -2.00. The molecule has 9 heteroatoms. The average molecular weight is 295 g/mol. The van der Waals surface area contributed by atoms with Crippen LogP contribution in [-0.2, 0) is 14.4 Å². The molecule has 0 aliphatic rings. The maximum Gasteiger partial charge on any atom is 0.437 e. The molecule has 5 nitrogen and oxygen atoms in total. The van der Waals surface area contributed by atoms with Gasteiger partial charge in [0.05, 0.1) is 5.41 Å². The van der Waals surface area contributed by atoms with E-state index in [1.807, 2.05) is 0 Å². The second kappa shape index (κ2) is 5.31. The maximum absolute atomic E-state index is 12.7. The number of oxime groups is 1. The van der Waals surface area contributed by atoms with Crippen LogP contribution < -0.4 is 0 Å². The van der Waals surface area contributed by atoms with Crippen molar-refractivity contribution in [1.82, 2.24) is 0 Å². The van der Waals surface area contributed by atoms with Gasteiger partial charge in [0.2, 0.25) is 0 Å². The molecule has 1 rings (SSSR count). The van der Waals surface area contributed by atoms with Gasteiger partial charge in [-0.05, 0) is 24.3 Å². The Hall–Kier alpha value is -2.03. The highest BCUT2D eigenvalue weighted by Crippen LogP contribution is 2.24. The zero-order valence-electron chi connectivity index (χ0n) is 9.26. The van der Waals surface area contributed by atoms with Gasteiger partial charge >= 0.3 is 16.3 Å². The largest absolute Gasteiger partial charge is 0.508 e. The first-order valence-corrected chi connectivity index (χ1v) is 6.13. The molecule has 0 aromatic heterocycles. The molecule has 0 heterocycles. The van der Waals surface area contributed by atoms with Crippen molar-refractivity contribution in [2.24, 2.45) is 5.16 Å². The van der Waals surface area contributed by atoms with E-state index in [4.69, 9.17) is 5.11 Å². The van der Waals surface area contributed by atoms with Gasteiger partial charge in [-0.15, -0.1) is 0 Å². The first-order chi connectivity index (χ1) is 8.65. The Balaban J connectivity index is 3.20. The van der Waals surface area contributed by atoms with Crippen LogP contribution in [0.25, 0.3) is 0 Å². The highest BCUT2D eigenvalue weighted by molar-refractivity contribution is 7.89. The summed E-state index contributed by atoms with van der Waals surface area (Å²) in [6.07, 6.45) is -4.92. The third-order valence-electron chi connectivity index (χ3n) is 1.85. The van der Waals surface area contributed by atoms with Crippen molar-refractivity contribution >= 4 is 15.8 Å². The van der Waals surface area contributed by atoms with Gasteiger partial charge in [0.15, 0.2) is 5.71 Å². The number of alkyl halides is 3. The van der Waals surface area contributed by atoms with Crippen molar-refractivity contribution in [2.75, 3.05) is 0 Å². The van der Waals surface area contributed by atoms with Gasteiger partial charge in [0.25, 0.3) is 0 Å². The number of hydrogen-bond donors (Lipinski definition) is 1. The summed E-state index contributed by atoms with van der Waals surface area (Å²) in [6.45, 7) is 2.86. The summed E-state index contributed by atoms with van der Waals surface area (Å²) in [4.78, 5) is 0. The molecule has 0 fully saturated rings. The molecule has 1 aromatic carbocycles. The Morgan fingerprint density at radius 1 is 1.32 bits per heavy atom. The molecule has 0 unspecified atom stereocenters. The fourth-order valence-corrected chi connectivity index (χ4v) is 1.25. The van der Waals surface area contributed by atoms with Crippen LogP contribution in [0.5, 0.6) is 5.75 Å². The van der Waals surface area contributed by atoms with Crippen molar-refractivity contribution in [3.8, 4) is 5.75 Å². The van der Waals surface area contributed by atoms with Gasteiger partial charge in [0, 0.05) is 5.56 Å². The van der Waals surface area contributed by atoms with Crippen molar-refractivity contribution in [3.63, 3.8) is 0 Å². The van der Waals surface area contributed by atoms with Crippen LogP contribution >= 0.6 is 0 Å². The topological polar surface area (TPSA) is 76.0 Å². The monoisotopic (exact) mass is 295 g/mol. The average Bonchev–Trinajstić information content (AvgIpc) is 2.30. The lowest BCUT2D eigenvalue weighted by atomic mass is 10.1. The molecule has 19 heavy (non-hydrogen) atoms. The highest BCUT2D eigenvalue weighted by Gasteiger charge is 2.38. The number of halogens is 3. The summed E-state index contributed by atoms with van der Waals surface area (Å²) < 4.78 is 63.6. The highest BCUT2D eigenvalue weighted by atomic mass is 32.2. The van der Waals surface area contributed by atoms with Crippen LogP contribution in [0.15, 0.2) is 41.4 Å². The molecule has 0 spiro atoms. The molecule has 0 saturated carbocycles. The Labute approximate surface area is 106 Å². The maximum atomic E-state index is 12.7. The fraction of sp³-hybridized carbons (Fsp3) is 0.100. The Morgan fingerprint density at radius 3 is 2.26 bits per heavy atom. The van der Waals surface area contributed by atoms with Crippen molar-refractivity contribution in [3.05, 3.63) is 41.8 Å². The molecule has 0 atom stereocenters. The van der Waals surface area contributed by atoms with E-state index in [1.165, 1.54) is 0 Å². The molecule has 0 aliphatic carbocycles. The van der Waals surface area contributed by atoms with Gasteiger partial charge in [-0.1, -0.05) is 11.7 Å². The number of phenols is 1. The van der Waals surface area contributed by atoms with E-state index in [9.17, 15) is 21.6 Å². The van der Waals surface area contributed by atoms with Crippen LogP contribution in [-0.4, -0.2) is 25.4 Å². The number of rotatable bonds is 4. The normalized spacial score (nSPS) is 13.1. The van der Waals surface area contributed by atoms with E-state index in [-0.39, 0.29) is 5.75 Å². The molecule has 0 aliphatic heterocycles. The number of hydrogen-bond acceptors (Lipinski definition) is 5. The summed E-state index contributed by atoms with van der Waals surface area (Å²) in [7, 11) is -4.36. The number of phenolic OH excluding ortho intramolecular Hbond substituents is 1. The molecular weight excluding hydrogens is 287 g/mol. The third kappa shape index (κ3) is 4.28. The predicted octanol–water partition coefficient (Wildman–Crippen LogP) is 2.15. The summed E-state index contributed by atoms with van der Waals surface area (Å²) in [5, 5.41) is 11.9. The summed E-state index contributed by atoms with van der Waals surface area (Å²) in [5.74, 6) is -0.245. The third-order valence-corrected chi connectivity index (χ3v) is 2.54. The second-order valence-electron chi connectivity index (χ2n) is 3.22. The molecular formula is C10H8F3NO4S. The molecule has 1 aromatic rings. The number of nitrogens with zero attached hydrogens (tertiary/aromatic N) is 1. The molecule has 0 amide bonds. The van der Waals surface area contributed by atoms with Crippen LogP contribution in [0.1, 0.15) is 5.56 Å². The van der Waals surface area contributed by atoms with Gasteiger partial charge in [-0.25, -0.2) is 0 Å². The van der Waals surface area contributed by atoms with Crippen molar-refractivity contribution in [1.29, 1.82) is 0 Å². The van der Waals surface area contributed by atoms with E-state index in [1.54, 1.807) is 0 Å². The summed E-state index contributed by atoms with van der Waals surface area (Å²) in [6, 6.07) is 3.84. The van der Waals surface area contributed by atoms with E-state index >= 15 is 0 Å². The minimum Gasteiger partial charge on any atom is -0.508 e. The van der Waals surface area contributed by atoms with Crippen molar-refractivity contribution < 1.29 is 31.0 Å². The van der Waals surface area contributed by atoms with Crippen LogP contribution in [0.3, 0.4) is 0 Å². The molecule has 0 bridgehead atoms. The lowest BCUT2D eigenvalue weighted by molar-refractivity contribution is -0.0596. The minimum atomic E-state index is -4.92. The molecule has 104 valence electrons. The van der Waals surface area contributed by atoms with E-state index < -0.39 is 27.6 Å². The quantitative estimate of drug-likeness (QED) is 0.682. The van der Waals surface area contributed by atoms with Gasteiger partial charge in [-0.2, -0.15) is 21.6 Å². The molecule has 1 N–H and O–H groups in total. The van der Waals surface area contributed by atoms with E-state index in [0.29, 0.717) is 5.41 Å². The van der Waals surface area contributed by atoms with Crippen LogP contribution in [0.2, 0.25) is 0 Å². The smallest absolute Gasteiger partial charge is 0.437 e. The lowest BCUT2D eigenvalue weighted by Gasteiger charge is -2.09.